The molecule has 0 saturated heterocycles. The predicted molar refractivity (Wildman–Crippen MR) is 114 cm³/mol. The number of carbonyl (C=O) groups excluding carboxylic acids is 1. The number of benzene rings is 2. The molecule has 1 aliphatic rings. The van der Waals surface area contributed by atoms with Crippen molar-refractivity contribution in [1.82, 2.24) is 19.2 Å². The second kappa shape index (κ2) is 8.98. The Hall–Kier alpha value is -3.35. The van der Waals surface area contributed by atoms with Gasteiger partial charge in [0.05, 0.1) is 13.7 Å². The number of rotatable bonds is 6. The third-order valence-electron chi connectivity index (χ3n) is 5.51. The molecule has 0 radical (unpaired) electrons. The third kappa shape index (κ3) is 4.45. The molecular weight excluding hydrogens is 380 g/mol. The van der Waals surface area contributed by atoms with E-state index in [-0.39, 0.29) is 11.6 Å². The van der Waals surface area contributed by atoms with Gasteiger partial charge in [0.25, 0.3) is 0 Å². The third-order valence-corrected chi connectivity index (χ3v) is 5.51. The zero-order valence-corrected chi connectivity index (χ0v) is 17.2. The Balaban J connectivity index is 1.36. The normalized spacial score (nSPS) is 13.6. The zero-order valence-electron chi connectivity index (χ0n) is 17.2. The predicted octanol–water partition coefficient (Wildman–Crippen LogP) is 2.12. The minimum absolute atomic E-state index is 0.110. The van der Waals surface area contributed by atoms with E-state index in [9.17, 15) is 9.59 Å². The van der Waals surface area contributed by atoms with Crippen molar-refractivity contribution in [2.75, 3.05) is 20.2 Å². The second-order valence-corrected chi connectivity index (χ2v) is 7.47. The van der Waals surface area contributed by atoms with Gasteiger partial charge >= 0.3 is 5.69 Å². The van der Waals surface area contributed by atoms with Gasteiger partial charge in [-0.1, -0.05) is 42.5 Å². The molecule has 7 nitrogen and oxygen atoms in total. The Bertz CT molecular complexity index is 1050. The van der Waals surface area contributed by atoms with Crippen LogP contribution in [0.4, 0.5) is 0 Å². The fourth-order valence-electron chi connectivity index (χ4n) is 3.77. The summed E-state index contributed by atoms with van der Waals surface area (Å²) in [7, 11) is 1.64. The average Bonchev–Trinajstić information content (AvgIpc) is 2.94. The molecule has 1 aliphatic heterocycles. The lowest BCUT2D eigenvalue weighted by Gasteiger charge is -2.20. The van der Waals surface area contributed by atoms with Crippen LogP contribution < -0.4 is 10.4 Å². The number of hydrogen-bond donors (Lipinski definition) is 0. The maximum Gasteiger partial charge on any atom is 0.346 e. The molecule has 0 saturated carbocycles. The molecule has 0 aliphatic carbocycles. The fourth-order valence-corrected chi connectivity index (χ4v) is 3.77. The van der Waals surface area contributed by atoms with E-state index < -0.39 is 0 Å². The van der Waals surface area contributed by atoms with E-state index in [0.29, 0.717) is 45.4 Å². The standard InChI is InChI=1S/C23H26N4O3/c1-30-20-10-7-18(8-11-20)9-12-22(28)25-14-13-21-24-27(23(29)26(21)16-15-25)17-19-5-3-2-4-6-19/h2-8,10-11H,9,12-17H2,1H3. The summed E-state index contributed by atoms with van der Waals surface area (Å²) in [6.07, 6.45) is 1.73. The molecule has 0 unspecified atom stereocenters. The number of carbonyl (C=O) groups is 1. The first kappa shape index (κ1) is 19.9. The van der Waals surface area contributed by atoms with Crippen LogP contribution in [0.2, 0.25) is 0 Å². The van der Waals surface area contributed by atoms with E-state index in [1.54, 1.807) is 11.7 Å². The van der Waals surface area contributed by atoms with Crippen molar-refractivity contribution in [3.8, 4) is 5.75 Å². The van der Waals surface area contributed by atoms with E-state index in [4.69, 9.17) is 4.74 Å². The summed E-state index contributed by atoms with van der Waals surface area (Å²) in [6, 6.07) is 17.6. The molecule has 0 atom stereocenters. The fraction of sp³-hybridized carbons (Fsp3) is 0.348. The Labute approximate surface area is 175 Å². The topological polar surface area (TPSA) is 69.4 Å². The lowest BCUT2D eigenvalue weighted by atomic mass is 10.1. The van der Waals surface area contributed by atoms with Crippen molar-refractivity contribution in [2.24, 2.45) is 0 Å². The number of amides is 1. The van der Waals surface area contributed by atoms with Crippen molar-refractivity contribution in [3.63, 3.8) is 0 Å². The molecule has 0 spiro atoms. The highest BCUT2D eigenvalue weighted by Crippen LogP contribution is 2.14. The van der Waals surface area contributed by atoms with Crippen LogP contribution >= 0.6 is 0 Å². The summed E-state index contributed by atoms with van der Waals surface area (Å²) < 4.78 is 8.40. The van der Waals surface area contributed by atoms with Gasteiger partial charge in [-0.2, -0.15) is 5.10 Å². The van der Waals surface area contributed by atoms with E-state index in [0.717, 1.165) is 22.7 Å². The largest absolute Gasteiger partial charge is 0.497 e. The Morgan fingerprint density at radius 1 is 1.00 bits per heavy atom. The van der Waals surface area contributed by atoms with Crippen molar-refractivity contribution in [1.29, 1.82) is 0 Å². The smallest absolute Gasteiger partial charge is 0.346 e. The minimum atomic E-state index is -0.110. The summed E-state index contributed by atoms with van der Waals surface area (Å²) in [6.45, 7) is 2.07. The van der Waals surface area contributed by atoms with Gasteiger partial charge in [-0.3, -0.25) is 9.36 Å². The second-order valence-electron chi connectivity index (χ2n) is 7.47. The maximum absolute atomic E-state index is 12.8. The van der Waals surface area contributed by atoms with Crippen molar-refractivity contribution in [2.45, 2.75) is 32.4 Å². The summed E-state index contributed by atoms with van der Waals surface area (Å²) >= 11 is 0. The van der Waals surface area contributed by atoms with E-state index in [1.165, 1.54) is 4.68 Å². The lowest BCUT2D eigenvalue weighted by Crippen LogP contribution is -2.35. The Morgan fingerprint density at radius 2 is 1.77 bits per heavy atom. The Kier molecular flexibility index (Phi) is 5.97. The number of nitrogens with zero attached hydrogens (tertiary/aromatic N) is 4. The molecule has 1 amide bonds. The molecule has 7 heteroatoms. The monoisotopic (exact) mass is 406 g/mol. The van der Waals surface area contributed by atoms with Crippen LogP contribution in [-0.4, -0.2) is 45.4 Å². The highest BCUT2D eigenvalue weighted by Gasteiger charge is 2.22. The SMILES string of the molecule is COc1ccc(CCC(=O)N2CCc3nn(Cc4ccccc4)c(=O)n3CC2)cc1. The first-order valence-electron chi connectivity index (χ1n) is 10.2. The summed E-state index contributed by atoms with van der Waals surface area (Å²) in [5.41, 5.74) is 2.04. The van der Waals surface area contributed by atoms with E-state index in [2.05, 4.69) is 5.10 Å². The minimum Gasteiger partial charge on any atom is -0.497 e. The number of hydrogen-bond acceptors (Lipinski definition) is 4. The summed E-state index contributed by atoms with van der Waals surface area (Å²) in [5, 5.41) is 4.53. The van der Waals surface area contributed by atoms with Crippen LogP contribution in [0, 0.1) is 0 Å². The lowest BCUT2D eigenvalue weighted by molar-refractivity contribution is -0.131. The molecule has 2 aromatic carbocycles. The first-order valence-corrected chi connectivity index (χ1v) is 10.2. The van der Waals surface area contributed by atoms with Crippen LogP contribution in [0.3, 0.4) is 0 Å². The van der Waals surface area contributed by atoms with Gasteiger partial charge in [0.1, 0.15) is 11.6 Å². The highest BCUT2D eigenvalue weighted by atomic mass is 16.5. The van der Waals surface area contributed by atoms with Gasteiger partial charge in [0.2, 0.25) is 5.91 Å². The van der Waals surface area contributed by atoms with Gasteiger partial charge < -0.3 is 9.64 Å². The van der Waals surface area contributed by atoms with Crippen LogP contribution in [0.5, 0.6) is 5.75 Å². The quantitative estimate of drug-likeness (QED) is 0.629. The molecule has 0 bridgehead atoms. The number of fused-ring (bicyclic) bond motifs is 1. The molecule has 30 heavy (non-hydrogen) atoms. The number of aromatic nitrogens is 3. The maximum atomic E-state index is 12.8. The van der Waals surface area contributed by atoms with Gasteiger partial charge in [-0.25, -0.2) is 9.48 Å². The van der Waals surface area contributed by atoms with Crippen molar-refractivity contribution < 1.29 is 9.53 Å². The molecular formula is C23H26N4O3. The van der Waals surface area contributed by atoms with Crippen LogP contribution in [0.1, 0.15) is 23.4 Å². The van der Waals surface area contributed by atoms with E-state index >= 15 is 0 Å². The van der Waals surface area contributed by atoms with Crippen LogP contribution in [0.25, 0.3) is 0 Å². The number of ether oxygens (including phenoxy) is 1. The van der Waals surface area contributed by atoms with Crippen molar-refractivity contribution in [3.05, 3.63) is 82.0 Å². The van der Waals surface area contributed by atoms with Crippen molar-refractivity contribution >= 4 is 5.91 Å². The van der Waals surface area contributed by atoms with Gasteiger partial charge in [-0.15, -0.1) is 0 Å². The number of aryl methyl sites for hydroxylation is 1. The molecule has 0 N–H and O–H groups in total. The first-order chi connectivity index (χ1) is 14.6. The van der Waals surface area contributed by atoms with E-state index in [1.807, 2.05) is 59.5 Å². The van der Waals surface area contributed by atoms with Crippen LogP contribution in [0.15, 0.2) is 59.4 Å². The summed E-state index contributed by atoms with van der Waals surface area (Å²) in [4.78, 5) is 27.3. The molecule has 4 rings (SSSR count). The zero-order chi connectivity index (χ0) is 20.9. The van der Waals surface area contributed by atoms with Crippen LogP contribution in [-0.2, 0) is 30.7 Å². The Morgan fingerprint density at radius 3 is 2.50 bits per heavy atom. The molecule has 0 fully saturated rings. The average molecular weight is 406 g/mol. The van der Waals surface area contributed by atoms with Gasteiger partial charge in [-0.05, 0) is 29.7 Å². The molecule has 156 valence electrons. The summed E-state index contributed by atoms with van der Waals surface area (Å²) in [5.74, 6) is 1.67. The molecule has 1 aromatic heterocycles. The van der Waals surface area contributed by atoms with Gasteiger partial charge in [0, 0.05) is 32.5 Å². The number of methoxy groups -OCH3 is 1. The molecule has 3 aromatic rings. The molecule has 2 heterocycles. The van der Waals surface area contributed by atoms with Gasteiger partial charge in [0.15, 0.2) is 0 Å². The highest BCUT2D eigenvalue weighted by molar-refractivity contribution is 5.76.